The molecule has 1 atom stereocenters. The van der Waals surface area contributed by atoms with E-state index in [9.17, 15) is 4.79 Å². The summed E-state index contributed by atoms with van der Waals surface area (Å²) in [5.74, 6) is 1.48. The number of methoxy groups -OCH3 is 2. The minimum atomic E-state index is -0.581. The first-order valence-electron chi connectivity index (χ1n) is 7.04. The maximum Gasteiger partial charge on any atom is 0.428 e. The highest BCUT2D eigenvalue weighted by atomic mass is 16.6. The second-order valence-corrected chi connectivity index (χ2v) is 4.90. The summed E-state index contributed by atoms with van der Waals surface area (Å²) in [6, 6.07) is 14.7. The van der Waals surface area contributed by atoms with E-state index in [-0.39, 0.29) is 0 Å². The fourth-order valence-electron chi connectivity index (χ4n) is 2.34. The summed E-state index contributed by atoms with van der Waals surface area (Å²) in [5, 5.41) is 4.16. The molecule has 6 heteroatoms. The smallest absolute Gasteiger partial charge is 0.428 e. The van der Waals surface area contributed by atoms with E-state index in [4.69, 9.17) is 14.2 Å². The monoisotopic (exact) mass is 312 g/mol. The minimum absolute atomic E-state index is 0.580. The first-order valence-corrected chi connectivity index (χ1v) is 7.04. The van der Waals surface area contributed by atoms with Crippen molar-refractivity contribution in [2.24, 2.45) is 5.10 Å². The fourth-order valence-corrected chi connectivity index (χ4v) is 2.34. The molecule has 3 rings (SSSR count). The molecule has 1 unspecified atom stereocenters. The lowest BCUT2D eigenvalue weighted by Crippen LogP contribution is -2.33. The maximum atomic E-state index is 11.6. The van der Waals surface area contributed by atoms with Gasteiger partial charge in [0.25, 0.3) is 0 Å². The van der Waals surface area contributed by atoms with Gasteiger partial charge < -0.3 is 14.2 Å². The van der Waals surface area contributed by atoms with E-state index >= 15 is 0 Å². The highest BCUT2D eigenvalue weighted by Gasteiger charge is 2.28. The molecular weight excluding hydrogens is 296 g/mol. The number of benzene rings is 2. The number of carbonyl (C=O) groups excluding carboxylic acids is 1. The third-order valence-corrected chi connectivity index (χ3v) is 3.55. The van der Waals surface area contributed by atoms with Crippen molar-refractivity contribution in [2.75, 3.05) is 14.2 Å². The molecule has 0 aliphatic carbocycles. The van der Waals surface area contributed by atoms with Gasteiger partial charge in [0.1, 0.15) is 17.2 Å². The average molecular weight is 312 g/mol. The largest absolute Gasteiger partial charge is 0.497 e. The number of carbonyl (C=O) groups is 1. The predicted molar refractivity (Wildman–Crippen MR) is 84.9 cm³/mol. The van der Waals surface area contributed by atoms with E-state index in [1.807, 2.05) is 48.5 Å². The van der Waals surface area contributed by atoms with Crippen molar-refractivity contribution in [1.82, 2.24) is 5.43 Å². The molecule has 118 valence electrons. The third-order valence-electron chi connectivity index (χ3n) is 3.55. The summed E-state index contributed by atoms with van der Waals surface area (Å²) >= 11 is 0. The summed E-state index contributed by atoms with van der Waals surface area (Å²) < 4.78 is 15.7. The van der Waals surface area contributed by atoms with E-state index in [0.29, 0.717) is 5.71 Å². The van der Waals surface area contributed by atoms with Crippen LogP contribution in [0.4, 0.5) is 4.79 Å². The summed E-state index contributed by atoms with van der Waals surface area (Å²) in [7, 11) is 3.21. The van der Waals surface area contributed by atoms with Crippen LogP contribution in [0.3, 0.4) is 0 Å². The van der Waals surface area contributed by atoms with Crippen molar-refractivity contribution < 1.29 is 19.0 Å². The molecule has 0 saturated carbocycles. The molecule has 6 nitrogen and oxygen atoms in total. The van der Waals surface area contributed by atoms with Crippen molar-refractivity contribution in [3.8, 4) is 11.5 Å². The number of nitrogens with one attached hydrogen (secondary N) is 1. The van der Waals surface area contributed by atoms with E-state index in [1.54, 1.807) is 14.2 Å². The van der Waals surface area contributed by atoms with Crippen LogP contribution in [0.5, 0.6) is 11.5 Å². The second kappa shape index (κ2) is 6.39. The summed E-state index contributed by atoms with van der Waals surface area (Å²) in [6.07, 6.45) is -1.16. The molecule has 0 fully saturated rings. The normalized spacial score (nSPS) is 16.9. The van der Waals surface area contributed by atoms with Crippen LogP contribution in [0, 0.1) is 0 Å². The molecule has 1 amide bonds. The Bertz CT molecular complexity index is 723. The Balaban J connectivity index is 1.95. The van der Waals surface area contributed by atoms with Gasteiger partial charge in [0.05, 0.1) is 14.2 Å². The first-order chi connectivity index (χ1) is 11.2. The minimum Gasteiger partial charge on any atom is -0.497 e. The topological polar surface area (TPSA) is 69.2 Å². The summed E-state index contributed by atoms with van der Waals surface area (Å²) in [6.45, 7) is 0. The van der Waals surface area contributed by atoms with Gasteiger partial charge in [0.2, 0.25) is 0 Å². The Morgan fingerprint density at radius 3 is 2.09 bits per heavy atom. The van der Waals surface area contributed by atoms with Gasteiger partial charge in [-0.15, -0.1) is 0 Å². The number of hydrogen-bond acceptors (Lipinski definition) is 5. The quantitative estimate of drug-likeness (QED) is 0.942. The zero-order chi connectivity index (χ0) is 16.2. The predicted octanol–water partition coefficient (Wildman–Crippen LogP) is 2.89. The highest BCUT2D eigenvalue weighted by Crippen LogP contribution is 2.27. The Morgan fingerprint density at radius 2 is 1.52 bits per heavy atom. The van der Waals surface area contributed by atoms with Crippen LogP contribution < -0.4 is 14.9 Å². The lowest BCUT2D eigenvalue weighted by Gasteiger charge is -2.24. The number of ether oxygens (including phenoxy) is 3. The molecule has 0 saturated heterocycles. The molecule has 0 aromatic heterocycles. The van der Waals surface area contributed by atoms with Gasteiger partial charge in [-0.25, -0.2) is 10.2 Å². The Labute approximate surface area is 133 Å². The average Bonchev–Trinajstić information content (AvgIpc) is 2.62. The lowest BCUT2D eigenvalue weighted by atomic mass is 9.98. The number of amides is 1. The highest BCUT2D eigenvalue weighted by molar-refractivity contribution is 6.06. The Kier molecular flexibility index (Phi) is 4.14. The lowest BCUT2D eigenvalue weighted by molar-refractivity contribution is 0.121. The van der Waals surface area contributed by atoms with E-state index in [1.165, 1.54) is 0 Å². The van der Waals surface area contributed by atoms with Gasteiger partial charge in [-0.05, 0) is 42.0 Å². The van der Waals surface area contributed by atoms with Gasteiger partial charge in [0.15, 0.2) is 6.10 Å². The first kappa shape index (κ1) is 14.9. The standard InChI is InChI=1S/C17H16N2O4/c1-21-13-7-3-11(4-8-13)15-16(23-17(20)19-18-15)12-5-9-14(22-2)10-6-12/h3-10,16H,1-2H3,(H,19,20). The molecule has 0 bridgehead atoms. The van der Waals surface area contributed by atoms with Crippen LogP contribution in [0.2, 0.25) is 0 Å². The van der Waals surface area contributed by atoms with Crippen molar-refractivity contribution in [3.63, 3.8) is 0 Å². The van der Waals surface area contributed by atoms with E-state index in [0.717, 1.165) is 22.6 Å². The fraction of sp³-hybridized carbons (Fsp3) is 0.176. The van der Waals surface area contributed by atoms with E-state index in [2.05, 4.69) is 10.5 Å². The Hall–Kier alpha value is -3.02. The molecule has 0 spiro atoms. The van der Waals surface area contributed by atoms with Crippen LogP contribution in [0.1, 0.15) is 17.2 Å². The van der Waals surface area contributed by atoms with Gasteiger partial charge in [-0.3, -0.25) is 0 Å². The number of cyclic esters (lactones) is 1. The summed E-state index contributed by atoms with van der Waals surface area (Å²) in [5.41, 5.74) is 4.63. The Morgan fingerprint density at radius 1 is 0.957 bits per heavy atom. The number of hydrazone groups is 1. The van der Waals surface area contributed by atoms with Gasteiger partial charge in [-0.1, -0.05) is 12.1 Å². The van der Waals surface area contributed by atoms with Crippen molar-refractivity contribution >= 4 is 11.8 Å². The molecule has 2 aromatic rings. The third kappa shape index (κ3) is 3.11. The number of nitrogens with zero attached hydrogens (tertiary/aromatic N) is 1. The molecule has 23 heavy (non-hydrogen) atoms. The van der Waals surface area contributed by atoms with Gasteiger partial charge in [0, 0.05) is 5.56 Å². The van der Waals surface area contributed by atoms with Crippen LogP contribution in [-0.4, -0.2) is 26.0 Å². The number of hydrogen-bond donors (Lipinski definition) is 1. The van der Waals surface area contributed by atoms with Gasteiger partial charge >= 0.3 is 6.09 Å². The van der Waals surface area contributed by atoms with Crippen molar-refractivity contribution in [1.29, 1.82) is 0 Å². The SMILES string of the molecule is COc1ccc(C2=NNC(=O)OC2c2ccc(OC)cc2)cc1. The van der Waals surface area contributed by atoms with Gasteiger partial charge in [-0.2, -0.15) is 5.10 Å². The van der Waals surface area contributed by atoms with Crippen molar-refractivity contribution in [2.45, 2.75) is 6.10 Å². The summed E-state index contributed by atoms with van der Waals surface area (Å²) in [4.78, 5) is 11.6. The number of rotatable bonds is 4. The zero-order valence-corrected chi connectivity index (χ0v) is 12.8. The molecule has 1 N–H and O–H groups in total. The van der Waals surface area contributed by atoms with Crippen LogP contribution in [-0.2, 0) is 4.74 Å². The molecular formula is C17H16N2O4. The molecule has 2 aromatic carbocycles. The van der Waals surface area contributed by atoms with Crippen LogP contribution >= 0.6 is 0 Å². The zero-order valence-electron chi connectivity index (χ0n) is 12.8. The molecule has 1 aliphatic heterocycles. The maximum absolute atomic E-state index is 11.6. The molecule has 1 heterocycles. The molecule has 0 radical (unpaired) electrons. The molecule has 1 aliphatic rings. The van der Waals surface area contributed by atoms with Crippen LogP contribution in [0.25, 0.3) is 0 Å². The second-order valence-electron chi connectivity index (χ2n) is 4.90. The van der Waals surface area contributed by atoms with E-state index < -0.39 is 12.2 Å². The van der Waals surface area contributed by atoms with Crippen LogP contribution in [0.15, 0.2) is 53.6 Å². The van der Waals surface area contributed by atoms with Crippen molar-refractivity contribution in [3.05, 3.63) is 59.7 Å².